The average molecular weight is 218 g/mol. The van der Waals surface area contributed by atoms with Gasteiger partial charge in [0, 0.05) is 13.5 Å². The highest BCUT2D eigenvalue weighted by Gasteiger charge is 2.28. The maximum absolute atomic E-state index is 11.4. The Morgan fingerprint density at radius 2 is 1.94 bits per heavy atom. The summed E-state index contributed by atoms with van der Waals surface area (Å²) in [6.45, 7) is 1.73. The van der Waals surface area contributed by atoms with Crippen LogP contribution >= 0.6 is 0 Å². The summed E-state index contributed by atoms with van der Waals surface area (Å²) in [5.74, 6) is -1.42. The smallest absolute Gasteiger partial charge is 0.220 e. The van der Waals surface area contributed by atoms with Crippen LogP contribution in [-0.2, 0) is 22.6 Å². The van der Waals surface area contributed by atoms with Crippen LogP contribution in [0, 0.1) is 0 Å². The highest BCUT2D eigenvalue weighted by molar-refractivity contribution is 5.82. The van der Waals surface area contributed by atoms with Crippen LogP contribution in [0.15, 0.2) is 24.3 Å². The van der Waals surface area contributed by atoms with E-state index in [0.29, 0.717) is 13.0 Å². The van der Waals surface area contributed by atoms with E-state index in [-0.39, 0.29) is 5.91 Å². The van der Waals surface area contributed by atoms with E-state index in [1.165, 1.54) is 11.8 Å². The van der Waals surface area contributed by atoms with Crippen molar-refractivity contribution in [2.75, 3.05) is 0 Å². The lowest BCUT2D eigenvalue weighted by atomic mass is 9.94. The quantitative estimate of drug-likeness (QED) is 0.650. The van der Waals surface area contributed by atoms with E-state index in [1.54, 1.807) is 0 Å². The molecular weight excluding hydrogens is 206 g/mol. The number of aliphatic carboxylic acids is 1. The molecule has 4 heteroatoms. The van der Waals surface area contributed by atoms with Gasteiger partial charge >= 0.3 is 0 Å². The molecular formula is C12H12NO3-. The molecule has 1 aromatic carbocycles. The zero-order valence-corrected chi connectivity index (χ0v) is 8.97. The number of fused-ring (bicyclic) bond motifs is 1. The molecule has 0 saturated carbocycles. The summed E-state index contributed by atoms with van der Waals surface area (Å²) in [7, 11) is 0. The topological polar surface area (TPSA) is 60.4 Å². The lowest BCUT2D eigenvalue weighted by Gasteiger charge is -2.36. The van der Waals surface area contributed by atoms with Crippen molar-refractivity contribution in [3.63, 3.8) is 0 Å². The molecule has 0 radical (unpaired) electrons. The molecule has 2 rings (SSSR count). The molecule has 0 spiro atoms. The molecule has 1 aliphatic heterocycles. The molecule has 1 heterocycles. The van der Waals surface area contributed by atoms with E-state index < -0.39 is 12.0 Å². The number of nitrogens with zero attached hydrogens (tertiary/aromatic N) is 1. The summed E-state index contributed by atoms with van der Waals surface area (Å²) in [4.78, 5) is 23.7. The first-order chi connectivity index (χ1) is 7.59. The minimum Gasteiger partial charge on any atom is -0.548 e. The van der Waals surface area contributed by atoms with Gasteiger partial charge in [-0.25, -0.2) is 0 Å². The Kier molecular flexibility index (Phi) is 2.64. The number of rotatable bonds is 1. The standard InChI is InChI=1S/C12H13NO3/c1-8(14)13-7-10-5-3-2-4-9(10)6-11(13)12(15)16/h2-5,11H,6-7H2,1H3,(H,15,16)/p-1/t11-/m0/s1. The van der Waals surface area contributed by atoms with Gasteiger partial charge in [0.2, 0.25) is 5.91 Å². The minimum absolute atomic E-state index is 0.233. The zero-order chi connectivity index (χ0) is 11.7. The van der Waals surface area contributed by atoms with Crippen LogP contribution in [0.3, 0.4) is 0 Å². The van der Waals surface area contributed by atoms with Gasteiger partial charge in [0.15, 0.2) is 0 Å². The van der Waals surface area contributed by atoms with Crippen LogP contribution in [0.2, 0.25) is 0 Å². The van der Waals surface area contributed by atoms with Crippen LogP contribution in [0.5, 0.6) is 0 Å². The van der Waals surface area contributed by atoms with Gasteiger partial charge in [0.1, 0.15) is 0 Å². The molecule has 0 bridgehead atoms. The molecule has 0 fully saturated rings. The van der Waals surface area contributed by atoms with E-state index in [1.807, 2.05) is 24.3 Å². The molecule has 1 amide bonds. The van der Waals surface area contributed by atoms with E-state index in [9.17, 15) is 14.7 Å². The number of benzene rings is 1. The number of hydrogen-bond donors (Lipinski definition) is 0. The fourth-order valence-electron chi connectivity index (χ4n) is 2.06. The second-order valence-corrected chi connectivity index (χ2v) is 3.95. The third-order valence-electron chi connectivity index (χ3n) is 2.93. The molecule has 1 aliphatic rings. The third-order valence-corrected chi connectivity index (χ3v) is 2.93. The SMILES string of the molecule is CC(=O)N1Cc2ccccc2C[C@H]1C(=O)[O-]. The zero-order valence-electron chi connectivity index (χ0n) is 8.97. The van der Waals surface area contributed by atoms with E-state index in [4.69, 9.17) is 0 Å². The number of carbonyl (C=O) groups excluding carboxylic acids is 2. The Morgan fingerprint density at radius 1 is 1.31 bits per heavy atom. The maximum Gasteiger partial charge on any atom is 0.220 e. The van der Waals surface area contributed by atoms with Crippen LogP contribution in [0.4, 0.5) is 0 Å². The summed E-state index contributed by atoms with van der Waals surface area (Å²) < 4.78 is 0. The molecule has 0 saturated heterocycles. The lowest BCUT2D eigenvalue weighted by Crippen LogP contribution is -2.52. The Balaban J connectivity index is 2.37. The minimum atomic E-state index is -1.19. The van der Waals surface area contributed by atoms with Crippen molar-refractivity contribution in [1.29, 1.82) is 0 Å². The van der Waals surface area contributed by atoms with Crippen molar-refractivity contribution in [3.05, 3.63) is 35.4 Å². The Morgan fingerprint density at radius 3 is 2.50 bits per heavy atom. The Labute approximate surface area is 93.5 Å². The maximum atomic E-state index is 11.4. The first-order valence-electron chi connectivity index (χ1n) is 5.14. The Hall–Kier alpha value is -1.84. The molecule has 1 aromatic rings. The number of carbonyl (C=O) groups is 2. The van der Waals surface area contributed by atoms with Gasteiger partial charge in [-0.1, -0.05) is 24.3 Å². The van der Waals surface area contributed by atoms with Gasteiger partial charge in [-0.2, -0.15) is 0 Å². The summed E-state index contributed by atoms with van der Waals surface area (Å²) in [6.07, 6.45) is 0.331. The summed E-state index contributed by atoms with van der Waals surface area (Å²) in [5, 5.41) is 11.0. The van der Waals surface area contributed by atoms with Crippen molar-refractivity contribution in [3.8, 4) is 0 Å². The predicted octanol–water partition coefficient (Wildman–Crippen LogP) is -0.290. The fourth-order valence-corrected chi connectivity index (χ4v) is 2.06. The second-order valence-electron chi connectivity index (χ2n) is 3.95. The number of carboxylic acid groups (broad SMARTS) is 1. The van der Waals surface area contributed by atoms with Crippen LogP contribution in [-0.4, -0.2) is 22.8 Å². The number of carboxylic acids is 1. The average Bonchev–Trinajstić information content (AvgIpc) is 2.27. The summed E-state index contributed by atoms with van der Waals surface area (Å²) in [5.41, 5.74) is 1.99. The van der Waals surface area contributed by atoms with E-state index >= 15 is 0 Å². The van der Waals surface area contributed by atoms with Gasteiger partial charge in [0.05, 0.1) is 12.0 Å². The van der Waals surface area contributed by atoms with E-state index in [2.05, 4.69) is 0 Å². The molecule has 4 nitrogen and oxygen atoms in total. The van der Waals surface area contributed by atoms with Gasteiger partial charge in [-0.15, -0.1) is 0 Å². The molecule has 16 heavy (non-hydrogen) atoms. The molecule has 1 atom stereocenters. The van der Waals surface area contributed by atoms with Crippen LogP contribution in [0.1, 0.15) is 18.1 Å². The van der Waals surface area contributed by atoms with Crippen LogP contribution < -0.4 is 5.11 Å². The fraction of sp³-hybridized carbons (Fsp3) is 0.333. The normalized spacial score (nSPS) is 19.1. The lowest BCUT2D eigenvalue weighted by molar-refractivity contribution is -0.311. The largest absolute Gasteiger partial charge is 0.548 e. The van der Waals surface area contributed by atoms with Gasteiger partial charge in [0.25, 0.3) is 0 Å². The van der Waals surface area contributed by atoms with Gasteiger partial charge < -0.3 is 14.8 Å². The third kappa shape index (κ3) is 1.78. The molecule has 84 valence electrons. The molecule has 0 unspecified atom stereocenters. The highest BCUT2D eigenvalue weighted by atomic mass is 16.4. The first kappa shape index (κ1) is 10.7. The van der Waals surface area contributed by atoms with Crippen molar-refractivity contribution >= 4 is 11.9 Å². The van der Waals surface area contributed by atoms with Gasteiger partial charge in [-0.05, 0) is 17.5 Å². The first-order valence-corrected chi connectivity index (χ1v) is 5.14. The predicted molar refractivity (Wildman–Crippen MR) is 55.2 cm³/mol. The Bertz CT molecular complexity index is 401. The van der Waals surface area contributed by atoms with Gasteiger partial charge in [-0.3, -0.25) is 4.79 Å². The number of amides is 1. The molecule has 0 aliphatic carbocycles. The van der Waals surface area contributed by atoms with Crippen molar-refractivity contribution in [2.24, 2.45) is 0 Å². The highest BCUT2D eigenvalue weighted by Crippen LogP contribution is 2.22. The van der Waals surface area contributed by atoms with Crippen LogP contribution in [0.25, 0.3) is 0 Å². The van der Waals surface area contributed by atoms with Crippen molar-refractivity contribution in [2.45, 2.75) is 25.9 Å². The number of hydrogen-bond acceptors (Lipinski definition) is 3. The van der Waals surface area contributed by atoms with Crippen molar-refractivity contribution < 1.29 is 14.7 Å². The molecule has 0 aromatic heterocycles. The summed E-state index contributed by atoms with van der Waals surface area (Å²) >= 11 is 0. The summed E-state index contributed by atoms with van der Waals surface area (Å²) in [6, 6.07) is 6.72. The second kappa shape index (κ2) is 3.96. The monoisotopic (exact) mass is 218 g/mol. The van der Waals surface area contributed by atoms with Crippen molar-refractivity contribution in [1.82, 2.24) is 4.90 Å². The molecule has 0 N–H and O–H groups in total. The van der Waals surface area contributed by atoms with E-state index in [0.717, 1.165) is 11.1 Å².